The molecule has 0 aliphatic rings. The molecule has 164 valence electrons. The summed E-state index contributed by atoms with van der Waals surface area (Å²) in [6.45, 7) is 1.43. The second-order valence-corrected chi connectivity index (χ2v) is 8.57. The Balaban J connectivity index is 1.58. The standard InChI is InChI=1S/C23H21N3O5S/c1-16(27)26-32(30,31)21-13-11-20(12-14-21)25-23(29)19-9-7-17(8-10-19)15-24-22(28)18-5-3-2-4-6-18/h2-14H,15H2,1H3,(H,24,28)(H,25,29)(H,26,27). The van der Waals surface area contributed by atoms with E-state index in [-0.39, 0.29) is 16.7 Å². The zero-order valence-corrected chi connectivity index (χ0v) is 18.0. The van der Waals surface area contributed by atoms with Gasteiger partial charge in [0.05, 0.1) is 4.90 Å². The van der Waals surface area contributed by atoms with Crippen molar-refractivity contribution in [3.63, 3.8) is 0 Å². The quantitative estimate of drug-likeness (QED) is 0.510. The maximum Gasteiger partial charge on any atom is 0.264 e. The van der Waals surface area contributed by atoms with E-state index in [9.17, 15) is 22.8 Å². The van der Waals surface area contributed by atoms with Gasteiger partial charge in [0.1, 0.15) is 0 Å². The fourth-order valence-corrected chi connectivity index (χ4v) is 3.81. The van der Waals surface area contributed by atoms with Gasteiger partial charge < -0.3 is 10.6 Å². The maximum absolute atomic E-state index is 12.4. The van der Waals surface area contributed by atoms with Crippen molar-refractivity contribution in [3.05, 3.63) is 95.6 Å². The second-order valence-electron chi connectivity index (χ2n) is 6.89. The number of benzene rings is 3. The lowest BCUT2D eigenvalue weighted by atomic mass is 10.1. The largest absolute Gasteiger partial charge is 0.348 e. The summed E-state index contributed by atoms with van der Waals surface area (Å²) in [5.74, 6) is -1.25. The summed E-state index contributed by atoms with van der Waals surface area (Å²) in [5, 5.41) is 5.50. The van der Waals surface area contributed by atoms with E-state index in [0.717, 1.165) is 12.5 Å². The first-order valence-electron chi connectivity index (χ1n) is 9.61. The van der Waals surface area contributed by atoms with Gasteiger partial charge in [-0.2, -0.15) is 0 Å². The van der Waals surface area contributed by atoms with Crippen molar-refractivity contribution in [3.8, 4) is 0 Å². The zero-order valence-electron chi connectivity index (χ0n) is 17.2. The van der Waals surface area contributed by atoms with Gasteiger partial charge in [0.15, 0.2) is 0 Å². The number of anilines is 1. The minimum Gasteiger partial charge on any atom is -0.348 e. The molecule has 3 rings (SSSR count). The van der Waals surface area contributed by atoms with Crippen LogP contribution in [0.15, 0.2) is 83.8 Å². The van der Waals surface area contributed by atoms with E-state index in [2.05, 4.69) is 10.6 Å². The van der Waals surface area contributed by atoms with Gasteiger partial charge in [0.2, 0.25) is 5.91 Å². The first kappa shape index (κ1) is 22.7. The number of amides is 3. The lowest BCUT2D eigenvalue weighted by molar-refractivity contribution is -0.117. The van der Waals surface area contributed by atoms with Gasteiger partial charge >= 0.3 is 0 Å². The number of carbonyl (C=O) groups excluding carboxylic acids is 3. The number of nitrogens with one attached hydrogen (secondary N) is 3. The summed E-state index contributed by atoms with van der Waals surface area (Å²) in [4.78, 5) is 35.5. The van der Waals surface area contributed by atoms with Gasteiger partial charge in [-0.1, -0.05) is 30.3 Å². The van der Waals surface area contributed by atoms with Gasteiger partial charge in [0, 0.05) is 30.3 Å². The van der Waals surface area contributed by atoms with Gasteiger partial charge in [-0.3, -0.25) is 14.4 Å². The van der Waals surface area contributed by atoms with E-state index >= 15 is 0 Å². The monoisotopic (exact) mass is 451 g/mol. The molecule has 3 aromatic carbocycles. The molecule has 32 heavy (non-hydrogen) atoms. The predicted octanol–water partition coefficient (Wildman–Crippen LogP) is 2.69. The number of rotatable bonds is 7. The molecule has 3 amide bonds. The SMILES string of the molecule is CC(=O)NS(=O)(=O)c1ccc(NC(=O)c2ccc(CNC(=O)c3ccccc3)cc2)cc1. The Morgan fingerprint density at radius 3 is 1.94 bits per heavy atom. The lowest BCUT2D eigenvalue weighted by Crippen LogP contribution is -2.28. The van der Waals surface area contributed by atoms with Crippen LogP contribution in [-0.2, 0) is 21.4 Å². The summed E-state index contributed by atoms with van der Waals surface area (Å²) in [7, 11) is -3.93. The molecule has 0 unspecified atom stereocenters. The van der Waals surface area contributed by atoms with Crippen LogP contribution < -0.4 is 15.4 Å². The third-order valence-corrected chi connectivity index (χ3v) is 5.85. The Morgan fingerprint density at radius 2 is 1.34 bits per heavy atom. The van der Waals surface area contributed by atoms with Crippen molar-refractivity contribution >= 4 is 33.4 Å². The average Bonchev–Trinajstić information content (AvgIpc) is 2.78. The molecular formula is C23H21N3O5S. The van der Waals surface area contributed by atoms with Crippen molar-refractivity contribution < 1.29 is 22.8 Å². The van der Waals surface area contributed by atoms with Gasteiger partial charge in [-0.15, -0.1) is 0 Å². The van der Waals surface area contributed by atoms with Crippen molar-refractivity contribution in [1.29, 1.82) is 0 Å². The number of hydrogen-bond acceptors (Lipinski definition) is 5. The number of carbonyl (C=O) groups is 3. The van der Waals surface area contributed by atoms with Crippen molar-refractivity contribution in [2.24, 2.45) is 0 Å². The topological polar surface area (TPSA) is 121 Å². The maximum atomic E-state index is 12.4. The van der Waals surface area contributed by atoms with Crippen molar-refractivity contribution in [1.82, 2.24) is 10.0 Å². The highest BCUT2D eigenvalue weighted by Gasteiger charge is 2.15. The molecule has 0 aliphatic carbocycles. The van der Waals surface area contributed by atoms with Crippen molar-refractivity contribution in [2.75, 3.05) is 5.32 Å². The van der Waals surface area contributed by atoms with Crippen molar-refractivity contribution in [2.45, 2.75) is 18.4 Å². The first-order chi connectivity index (χ1) is 15.2. The molecule has 0 heterocycles. The average molecular weight is 452 g/mol. The Morgan fingerprint density at radius 1 is 0.750 bits per heavy atom. The van der Waals surface area contributed by atoms with E-state index in [1.54, 1.807) is 48.5 Å². The van der Waals surface area contributed by atoms with Crippen LogP contribution in [0.2, 0.25) is 0 Å². The molecule has 3 N–H and O–H groups in total. The van der Waals surface area contributed by atoms with Crippen LogP contribution in [0.4, 0.5) is 5.69 Å². The van der Waals surface area contributed by atoms with E-state index in [1.807, 2.05) is 10.8 Å². The molecule has 0 bridgehead atoms. The summed E-state index contributed by atoms with van der Waals surface area (Å²) >= 11 is 0. The Kier molecular flexibility index (Phi) is 7.01. The molecular weight excluding hydrogens is 430 g/mol. The van der Waals surface area contributed by atoms with Gasteiger partial charge in [0.25, 0.3) is 21.8 Å². The molecule has 0 atom stereocenters. The molecule has 8 nitrogen and oxygen atoms in total. The van der Waals surface area contributed by atoms with Crippen LogP contribution in [0.1, 0.15) is 33.2 Å². The van der Waals surface area contributed by atoms with Crippen LogP contribution in [0.3, 0.4) is 0 Å². The normalized spacial score (nSPS) is 10.8. The minimum absolute atomic E-state index is 0.0902. The fourth-order valence-electron chi connectivity index (χ4n) is 2.82. The van der Waals surface area contributed by atoms with Crippen LogP contribution in [0.25, 0.3) is 0 Å². The predicted molar refractivity (Wildman–Crippen MR) is 119 cm³/mol. The molecule has 0 fully saturated rings. The lowest BCUT2D eigenvalue weighted by Gasteiger charge is -2.09. The third-order valence-electron chi connectivity index (χ3n) is 4.41. The summed E-state index contributed by atoms with van der Waals surface area (Å²) in [6, 6.07) is 21.1. The number of sulfonamides is 1. The molecule has 0 aromatic heterocycles. The van der Waals surface area contributed by atoms with Crippen LogP contribution in [0, 0.1) is 0 Å². The molecule has 0 aliphatic heterocycles. The Labute approximate surface area is 185 Å². The molecule has 0 spiro atoms. The van der Waals surface area contributed by atoms with E-state index < -0.39 is 15.9 Å². The summed E-state index contributed by atoms with van der Waals surface area (Å²) in [6.07, 6.45) is 0. The highest BCUT2D eigenvalue weighted by atomic mass is 32.2. The molecule has 0 saturated heterocycles. The van der Waals surface area contributed by atoms with Gasteiger partial charge in [-0.05, 0) is 54.1 Å². The van der Waals surface area contributed by atoms with E-state index in [1.165, 1.54) is 24.3 Å². The highest BCUT2D eigenvalue weighted by Crippen LogP contribution is 2.15. The fraction of sp³-hybridized carbons (Fsp3) is 0.0870. The second kappa shape index (κ2) is 9.88. The molecule has 9 heteroatoms. The Bertz CT molecular complexity index is 1220. The summed E-state index contributed by atoms with van der Waals surface area (Å²) in [5.41, 5.74) is 2.20. The minimum atomic E-state index is -3.93. The van der Waals surface area contributed by atoms with Crippen LogP contribution >= 0.6 is 0 Å². The first-order valence-corrected chi connectivity index (χ1v) is 11.1. The molecule has 0 saturated carbocycles. The Hall–Kier alpha value is -3.98. The van der Waals surface area contributed by atoms with Crippen LogP contribution in [0.5, 0.6) is 0 Å². The van der Waals surface area contributed by atoms with E-state index in [0.29, 0.717) is 23.4 Å². The zero-order chi connectivity index (χ0) is 23.1. The molecule has 3 aromatic rings. The third kappa shape index (κ3) is 6.02. The van der Waals surface area contributed by atoms with E-state index in [4.69, 9.17) is 0 Å². The highest BCUT2D eigenvalue weighted by molar-refractivity contribution is 7.90. The van der Waals surface area contributed by atoms with Crippen LogP contribution in [-0.4, -0.2) is 26.1 Å². The smallest absolute Gasteiger partial charge is 0.264 e. The van der Waals surface area contributed by atoms with Gasteiger partial charge in [-0.25, -0.2) is 13.1 Å². The summed E-state index contributed by atoms with van der Waals surface area (Å²) < 4.78 is 25.8. The number of hydrogen-bond donors (Lipinski definition) is 3. The molecule has 0 radical (unpaired) electrons.